The Balaban J connectivity index is 1.78. The Morgan fingerprint density at radius 3 is 2.67 bits per heavy atom. The summed E-state index contributed by atoms with van der Waals surface area (Å²) in [6, 6.07) is 14.8. The standard InChI is InChI=1S/C17H12ClN5O/c18-14-8-4-7-13-16(14)20-11-22(17(13)24)9-15-19-10-21-23(15)12-5-2-1-3-6-12/h1-8,10-11H,9H2. The molecule has 0 spiro atoms. The number of halogens is 1. The summed E-state index contributed by atoms with van der Waals surface area (Å²) >= 11 is 6.09. The third-order valence-corrected chi connectivity index (χ3v) is 4.04. The first-order chi connectivity index (χ1) is 11.7. The number of hydrogen-bond acceptors (Lipinski definition) is 4. The second kappa shape index (κ2) is 5.90. The van der Waals surface area contributed by atoms with Crippen molar-refractivity contribution >= 4 is 22.5 Å². The zero-order chi connectivity index (χ0) is 16.5. The highest BCUT2D eigenvalue weighted by molar-refractivity contribution is 6.34. The molecule has 0 amide bonds. The Labute approximate surface area is 142 Å². The van der Waals surface area contributed by atoms with E-state index in [4.69, 9.17) is 11.6 Å². The van der Waals surface area contributed by atoms with Gasteiger partial charge in [0.2, 0.25) is 0 Å². The highest BCUT2D eigenvalue weighted by Crippen LogP contribution is 2.18. The second-order valence-corrected chi connectivity index (χ2v) is 5.64. The normalized spacial score (nSPS) is 11.0. The topological polar surface area (TPSA) is 65.6 Å². The number of fused-ring (bicyclic) bond motifs is 1. The molecule has 24 heavy (non-hydrogen) atoms. The van der Waals surface area contributed by atoms with Crippen molar-refractivity contribution in [2.75, 3.05) is 0 Å². The zero-order valence-corrected chi connectivity index (χ0v) is 13.3. The van der Waals surface area contributed by atoms with Gasteiger partial charge in [0, 0.05) is 0 Å². The Morgan fingerprint density at radius 2 is 1.83 bits per heavy atom. The predicted octanol–water partition coefficient (Wildman–Crippen LogP) is 2.68. The van der Waals surface area contributed by atoms with Crippen molar-refractivity contribution < 1.29 is 0 Å². The lowest BCUT2D eigenvalue weighted by Gasteiger charge is -2.09. The van der Waals surface area contributed by atoms with E-state index in [0.29, 0.717) is 21.7 Å². The molecular formula is C17H12ClN5O. The van der Waals surface area contributed by atoms with Crippen molar-refractivity contribution in [1.82, 2.24) is 24.3 Å². The van der Waals surface area contributed by atoms with E-state index in [9.17, 15) is 4.79 Å². The van der Waals surface area contributed by atoms with Gasteiger partial charge in [-0.05, 0) is 24.3 Å². The summed E-state index contributed by atoms with van der Waals surface area (Å²) in [5.41, 5.74) is 1.23. The van der Waals surface area contributed by atoms with Crippen LogP contribution >= 0.6 is 11.6 Å². The van der Waals surface area contributed by atoms with Gasteiger partial charge in [0.25, 0.3) is 5.56 Å². The van der Waals surface area contributed by atoms with E-state index in [1.165, 1.54) is 17.2 Å². The van der Waals surface area contributed by atoms with Gasteiger partial charge in [-0.1, -0.05) is 35.9 Å². The number of aromatic nitrogens is 5. The first-order valence-electron chi connectivity index (χ1n) is 7.32. The van der Waals surface area contributed by atoms with Crippen LogP contribution in [0, 0.1) is 0 Å². The SMILES string of the molecule is O=c1c2cccc(Cl)c2ncn1Cc1ncnn1-c1ccccc1. The fourth-order valence-corrected chi connectivity index (χ4v) is 2.80. The lowest BCUT2D eigenvalue weighted by Crippen LogP contribution is -2.23. The largest absolute Gasteiger partial charge is 0.291 e. The van der Waals surface area contributed by atoms with Gasteiger partial charge in [0.05, 0.1) is 34.5 Å². The molecule has 0 saturated carbocycles. The third kappa shape index (κ3) is 2.47. The molecule has 0 radical (unpaired) electrons. The van der Waals surface area contributed by atoms with Crippen molar-refractivity contribution in [2.24, 2.45) is 0 Å². The van der Waals surface area contributed by atoms with Crippen LogP contribution in [-0.2, 0) is 6.54 Å². The fourth-order valence-electron chi connectivity index (χ4n) is 2.58. The molecule has 6 nitrogen and oxygen atoms in total. The van der Waals surface area contributed by atoms with Gasteiger partial charge in [-0.2, -0.15) is 5.10 Å². The van der Waals surface area contributed by atoms with Gasteiger partial charge in [-0.3, -0.25) is 9.36 Å². The molecule has 0 unspecified atom stereocenters. The Hall–Kier alpha value is -2.99. The first kappa shape index (κ1) is 14.6. The van der Waals surface area contributed by atoms with Crippen LogP contribution in [0.1, 0.15) is 5.82 Å². The maximum Gasteiger partial charge on any atom is 0.261 e. The molecule has 4 rings (SSSR count). The van der Waals surface area contributed by atoms with Crippen LogP contribution in [0.4, 0.5) is 0 Å². The molecule has 118 valence electrons. The second-order valence-electron chi connectivity index (χ2n) is 5.24. The van der Waals surface area contributed by atoms with Gasteiger partial charge in [-0.25, -0.2) is 14.6 Å². The number of para-hydroxylation sites is 2. The van der Waals surface area contributed by atoms with Gasteiger partial charge >= 0.3 is 0 Å². The molecule has 0 aliphatic rings. The van der Waals surface area contributed by atoms with Crippen molar-refractivity contribution in [2.45, 2.75) is 6.54 Å². The van der Waals surface area contributed by atoms with Gasteiger partial charge in [-0.15, -0.1) is 0 Å². The quantitative estimate of drug-likeness (QED) is 0.576. The molecule has 0 bridgehead atoms. The van der Waals surface area contributed by atoms with Gasteiger partial charge in [0.1, 0.15) is 6.33 Å². The van der Waals surface area contributed by atoms with E-state index in [1.54, 1.807) is 22.9 Å². The van der Waals surface area contributed by atoms with E-state index in [0.717, 1.165) is 5.69 Å². The van der Waals surface area contributed by atoms with E-state index >= 15 is 0 Å². The average molecular weight is 338 g/mol. The maximum absolute atomic E-state index is 12.7. The Morgan fingerprint density at radius 1 is 1.00 bits per heavy atom. The van der Waals surface area contributed by atoms with Crippen LogP contribution in [0.15, 0.2) is 66.0 Å². The summed E-state index contributed by atoms with van der Waals surface area (Å²) < 4.78 is 3.21. The lowest BCUT2D eigenvalue weighted by molar-refractivity contribution is 0.676. The zero-order valence-electron chi connectivity index (χ0n) is 12.5. The molecule has 0 aliphatic heterocycles. The van der Waals surface area contributed by atoms with E-state index < -0.39 is 0 Å². The average Bonchev–Trinajstić information content (AvgIpc) is 3.07. The van der Waals surface area contributed by atoms with E-state index in [2.05, 4.69) is 15.1 Å². The molecule has 4 aromatic rings. The molecule has 0 N–H and O–H groups in total. The van der Waals surface area contributed by atoms with Gasteiger partial charge in [0.15, 0.2) is 5.82 Å². The Kier molecular flexibility index (Phi) is 3.59. The molecule has 0 saturated heterocycles. The first-order valence-corrected chi connectivity index (χ1v) is 7.70. The van der Waals surface area contributed by atoms with Crippen LogP contribution in [0.2, 0.25) is 5.02 Å². The fraction of sp³-hybridized carbons (Fsp3) is 0.0588. The van der Waals surface area contributed by atoms with Crippen LogP contribution < -0.4 is 5.56 Å². The van der Waals surface area contributed by atoms with Crippen LogP contribution in [0.5, 0.6) is 0 Å². The highest BCUT2D eigenvalue weighted by Gasteiger charge is 2.11. The minimum absolute atomic E-state index is 0.162. The van der Waals surface area contributed by atoms with Gasteiger partial charge < -0.3 is 0 Å². The summed E-state index contributed by atoms with van der Waals surface area (Å²) in [6.45, 7) is 0.267. The van der Waals surface area contributed by atoms with E-state index in [1.807, 2.05) is 30.3 Å². The number of nitrogens with zero attached hydrogens (tertiary/aromatic N) is 5. The van der Waals surface area contributed by atoms with Crippen molar-refractivity contribution in [3.8, 4) is 5.69 Å². The molecule has 0 aliphatic carbocycles. The molecular weight excluding hydrogens is 326 g/mol. The Bertz CT molecular complexity index is 1070. The number of benzene rings is 2. The van der Waals surface area contributed by atoms with Crippen LogP contribution in [0.25, 0.3) is 16.6 Å². The smallest absolute Gasteiger partial charge is 0.261 e. The summed E-state index contributed by atoms with van der Waals surface area (Å²) in [5.74, 6) is 0.645. The molecule has 7 heteroatoms. The molecule has 2 aromatic heterocycles. The molecule has 2 heterocycles. The minimum Gasteiger partial charge on any atom is -0.291 e. The predicted molar refractivity (Wildman–Crippen MR) is 91.5 cm³/mol. The van der Waals surface area contributed by atoms with E-state index in [-0.39, 0.29) is 12.1 Å². The summed E-state index contributed by atoms with van der Waals surface area (Å²) in [6.07, 6.45) is 2.96. The van der Waals surface area contributed by atoms with Crippen LogP contribution in [-0.4, -0.2) is 24.3 Å². The molecule has 0 atom stereocenters. The lowest BCUT2D eigenvalue weighted by atomic mass is 10.2. The third-order valence-electron chi connectivity index (χ3n) is 3.74. The van der Waals surface area contributed by atoms with Crippen LogP contribution in [0.3, 0.4) is 0 Å². The minimum atomic E-state index is -0.162. The number of rotatable bonds is 3. The van der Waals surface area contributed by atoms with Crippen molar-refractivity contribution in [3.63, 3.8) is 0 Å². The summed E-state index contributed by atoms with van der Waals surface area (Å²) in [5, 5.41) is 5.18. The monoisotopic (exact) mass is 337 g/mol. The molecule has 0 fully saturated rings. The summed E-state index contributed by atoms with van der Waals surface area (Å²) in [4.78, 5) is 21.2. The molecule has 2 aromatic carbocycles. The van der Waals surface area contributed by atoms with Crippen molar-refractivity contribution in [3.05, 3.63) is 82.4 Å². The summed E-state index contributed by atoms with van der Waals surface area (Å²) in [7, 11) is 0. The highest BCUT2D eigenvalue weighted by atomic mass is 35.5. The van der Waals surface area contributed by atoms with Crippen molar-refractivity contribution in [1.29, 1.82) is 0 Å². The number of hydrogen-bond donors (Lipinski definition) is 0. The maximum atomic E-state index is 12.7.